The van der Waals surface area contributed by atoms with Crippen molar-refractivity contribution in [1.29, 1.82) is 5.26 Å². The molecule has 1 atom stereocenters. The highest BCUT2D eigenvalue weighted by Gasteiger charge is 2.26. The summed E-state index contributed by atoms with van der Waals surface area (Å²) in [5.41, 5.74) is 1.89. The Labute approximate surface area is 108 Å². The first kappa shape index (κ1) is 11.9. The highest BCUT2D eigenvalue weighted by Crippen LogP contribution is 2.30. The number of nitrogens with zero attached hydrogens (tertiary/aromatic N) is 2. The fourth-order valence-electron chi connectivity index (χ4n) is 1.88. The molecule has 2 rings (SSSR count). The van der Waals surface area contributed by atoms with Crippen LogP contribution >= 0.6 is 15.9 Å². The molecule has 0 fully saturated rings. The molecule has 0 radical (unpaired) electrons. The van der Waals surface area contributed by atoms with Crippen LogP contribution in [0.25, 0.3) is 6.08 Å². The first-order chi connectivity index (χ1) is 8.27. The summed E-state index contributed by atoms with van der Waals surface area (Å²) in [6, 6.07) is 9.32. The van der Waals surface area contributed by atoms with Crippen molar-refractivity contribution in [3.05, 3.63) is 41.6 Å². The van der Waals surface area contributed by atoms with Gasteiger partial charge in [-0.1, -0.05) is 40.2 Å². The van der Waals surface area contributed by atoms with Crippen molar-refractivity contribution in [3.63, 3.8) is 0 Å². The zero-order chi connectivity index (χ0) is 12.3. The average molecular weight is 291 g/mol. The number of alkyl halides is 1. The Morgan fingerprint density at radius 1 is 1.47 bits per heavy atom. The molecule has 1 aliphatic rings. The molecule has 0 N–H and O–H groups in total. The molecule has 1 aliphatic heterocycles. The standard InChI is InChI=1S/C13H11BrN2O/c14-7-5-13(17)16-8-6-10-3-1-2-4-11(10)12(16)9-15/h1-4,6,8,12H,5,7H2/t12-/m0/s1. The third-order valence-electron chi connectivity index (χ3n) is 2.70. The van der Waals surface area contributed by atoms with Crippen LogP contribution in [-0.2, 0) is 4.79 Å². The molecule has 0 saturated carbocycles. The van der Waals surface area contributed by atoms with Gasteiger partial charge in [-0.25, -0.2) is 0 Å². The Morgan fingerprint density at radius 2 is 2.24 bits per heavy atom. The lowest BCUT2D eigenvalue weighted by molar-refractivity contribution is -0.129. The predicted molar refractivity (Wildman–Crippen MR) is 69.1 cm³/mol. The molecule has 0 saturated heterocycles. The van der Waals surface area contributed by atoms with E-state index in [9.17, 15) is 10.1 Å². The second-order valence-electron chi connectivity index (χ2n) is 3.72. The van der Waals surface area contributed by atoms with Gasteiger partial charge in [-0.2, -0.15) is 5.26 Å². The number of nitriles is 1. The molecular weight excluding hydrogens is 280 g/mol. The van der Waals surface area contributed by atoms with Crippen molar-refractivity contribution in [2.75, 3.05) is 5.33 Å². The Hall–Kier alpha value is -1.60. The lowest BCUT2D eigenvalue weighted by Crippen LogP contribution is -2.31. The highest BCUT2D eigenvalue weighted by molar-refractivity contribution is 9.09. The molecule has 1 heterocycles. The van der Waals surface area contributed by atoms with Gasteiger partial charge in [0.25, 0.3) is 0 Å². The number of carbonyl (C=O) groups excluding carboxylic acids is 1. The number of rotatable bonds is 2. The largest absolute Gasteiger partial charge is 0.298 e. The molecule has 1 aromatic carbocycles. The monoisotopic (exact) mass is 290 g/mol. The maximum absolute atomic E-state index is 11.9. The van der Waals surface area contributed by atoms with Crippen LogP contribution in [0, 0.1) is 11.3 Å². The van der Waals surface area contributed by atoms with Crippen LogP contribution in [0.3, 0.4) is 0 Å². The second kappa shape index (κ2) is 5.15. The van der Waals surface area contributed by atoms with Gasteiger partial charge in [-0.15, -0.1) is 0 Å². The molecule has 1 aromatic rings. The third-order valence-corrected chi connectivity index (χ3v) is 3.10. The predicted octanol–water partition coefficient (Wildman–Crippen LogP) is 2.85. The number of carbonyl (C=O) groups is 1. The van der Waals surface area contributed by atoms with Gasteiger partial charge in [0.15, 0.2) is 0 Å². The van der Waals surface area contributed by atoms with E-state index in [-0.39, 0.29) is 5.91 Å². The maximum atomic E-state index is 11.9. The number of hydrogen-bond donors (Lipinski definition) is 0. The van der Waals surface area contributed by atoms with E-state index in [1.165, 1.54) is 4.90 Å². The Bertz CT molecular complexity index is 504. The van der Waals surface area contributed by atoms with Crippen LogP contribution in [0.2, 0.25) is 0 Å². The topological polar surface area (TPSA) is 44.1 Å². The van der Waals surface area contributed by atoms with E-state index in [1.807, 2.05) is 30.3 Å². The van der Waals surface area contributed by atoms with Crippen LogP contribution in [-0.4, -0.2) is 16.1 Å². The van der Waals surface area contributed by atoms with Gasteiger partial charge in [-0.05, 0) is 17.2 Å². The second-order valence-corrected chi connectivity index (χ2v) is 4.51. The molecule has 86 valence electrons. The van der Waals surface area contributed by atoms with Crippen LogP contribution in [0.15, 0.2) is 30.5 Å². The summed E-state index contributed by atoms with van der Waals surface area (Å²) in [6.07, 6.45) is 3.96. The molecule has 0 bridgehead atoms. The highest BCUT2D eigenvalue weighted by atomic mass is 79.9. The maximum Gasteiger partial charge on any atom is 0.228 e. The number of fused-ring (bicyclic) bond motifs is 1. The third kappa shape index (κ3) is 2.25. The van der Waals surface area contributed by atoms with E-state index in [0.29, 0.717) is 11.8 Å². The summed E-state index contributed by atoms with van der Waals surface area (Å²) >= 11 is 3.24. The number of benzene rings is 1. The van der Waals surface area contributed by atoms with Crippen LogP contribution in [0.1, 0.15) is 23.6 Å². The minimum Gasteiger partial charge on any atom is -0.298 e. The first-order valence-electron chi connectivity index (χ1n) is 5.32. The van der Waals surface area contributed by atoms with Crippen LogP contribution in [0.5, 0.6) is 0 Å². The molecule has 0 unspecified atom stereocenters. The van der Waals surface area contributed by atoms with E-state index < -0.39 is 6.04 Å². The number of amides is 1. The van der Waals surface area contributed by atoms with Crippen molar-refractivity contribution in [2.24, 2.45) is 0 Å². The molecule has 17 heavy (non-hydrogen) atoms. The summed E-state index contributed by atoms with van der Waals surface area (Å²) in [7, 11) is 0. The Morgan fingerprint density at radius 3 is 2.94 bits per heavy atom. The van der Waals surface area contributed by atoms with Gasteiger partial charge < -0.3 is 0 Å². The summed E-state index contributed by atoms with van der Waals surface area (Å²) in [6.45, 7) is 0. The molecule has 0 aliphatic carbocycles. The van der Waals surface area contributed by atoms with E-state index in [2.05, 4.69) is 22.0 Å². The van der Waals surface area contributed by atoms with Gasteiger partial charge in [0.2, 0.25) is 5.91 Å². The molecule has 3 nitrogen and oxygen atoms in total. The summed E-state index contributed by atoms with van der Waals surface area (Å²) in [5, 5.41) is 9.84. The van der Waals surface area contributed by atoms with E-state index in [1.54, 1.807) is 6.20 Å². The zero-order valence-corrected chi connectivity index (χ0v) is 10.7. The van der Waals surface area contributed by atoms with Gasteiger partial charge in [0.05, 0.1) is 6.07 Å². The van der Waals surface area contributed by atoms with Gasteiger partial charge in [-0.3, -0.25) is 9.69 Å². The SMILES string of the molecule is N#C[C@H]1c2ccccc2C=CN1C(=O)CCBr. The van der Waals surface area contributed by atoms with Gasteiger partial charge in [0.1, 0.15) is 6.04 Å². The summed E-state index contributed by atoms with van der Waals surface area (Å²) in [4.78, 5) is 13.4. The fourth-order valence-corrected chi connectivity index (χ4v) is 2.22. The Balaban J connectivity index is 2.36. The lowest BCUT2D eigenvalue weighted by atomic mass is 9.97. The zero-order valence-electron chi connectivity index (χ0n) is 9.14. The number of hydrogen-bond acceptors (Lipinski definition) is 2. The molecular formula is C13H11BrN2O. The van der Waals surface area contributed by atoms with Crippen molar-refractivity contribution in [3.8, 4) is 6.07 Å². The summed E-state index contributed by atoms with van der Waals surface area (Å²) < 4.78 is 0. The Kier molecular flexibility index (Phi) is 3.60. The average Bonchev–Trinajstić information content (AvgIpc) is 2.37. The van der Waals surface area contributed by atoms with E-state index in [0.717, 1.165) is 11.1 Å². The lowest BCUT2D eigenvalue weighted by Gasteiger charge is -2.28. The fraction of sp³-hybridized carbons (Fsp3) is 0.231. The van der Waals surface area contributed by atoms with Gasteiger partial charge >= 0.3 is 0 Å². The molecule has 0 spiro atoms. The van der Waals surface area contributed by atoms with Crippen molar-refractivity contribution < 1.29 is 4.79 Å². The van der Waals surface area contributed by atoms with Crippen LogP contribution < -0.4 is 0 Å². The summed E-state index contributed by atoms with van der Waals surface area (Å²) in [5.74, 6) is -0.0424. The van der Waals surface area contributed by atoms with Crippen molar-refractivity contribution in [2.45, 2.75) is 12.5 Å². The molecule has 1 amide bonds. The normalized spacial score (nSPS) is 17.4. The first-order valence-corrected chi connectivity index (χ1v) is 6.44. The van der Waals surface area contributed by atoms with E-state index in [4.69, 9.17) is 0 Å². The van der Waals surface area contributed by atoms with E-state index >= 15 is 0 Å². The van der Waals surface area contributed by atoms with Crippen molar-refractivity contribution in [1.82, 2.24) is 4.90 Å². The van der Waals surface area contributed by atoms with Crippen LogP contribution in [0.4, 0.5) is 0 Å². The molecule has 0 aromatic heterocycles. The smallest absolute Gasteiger partial charge is 0.228 e. The quantitative estimate of drug-likeness (QED) is 0.786. The van der Waals surface area contributed by atoms with Gasteiger partial charge in [0, 0.05) is 18.0 Å². The minimum absolute atomic E-state index is 0.0424. The molecule has 4 heteroatoms. The van der Waals surface area contributed by atoms with Crippen molar-refractivity contribution >= 4 is 27.9 Å². The minimum atomic E-state index is -0.511. The number of halogens is 1.